The molecule has 2 heterocycles. The topological polar surface area (TPSA) is 66.1 Å². The zero-order chi connectivity index (χ0) is 23.8. The molecular weight excluding hydrogens is 428 g/mol. The van der Waals surface area contributed by atoms with Crippen molar-refractivity contribution in [1.82, 2.24) is 9.80 Å². The summed E-state index contributed by atoms with van der Waals surface area (Å²) in [4.78, 5) is 17.5. The van der Waals surface area contributed by atoms with Crippen LogP contribution in [0.15, 0.2) is 53.4 Å². The minimum Gasteiger partial charge on any atom is -0.508 e. The molecule has 34 heavy (non-hydrogen) atoms. The van der Waals surface area contributed by atoms with Crippen LogP contribution in [0.5, 0.6) is 5.75 Å². The van der Waals surface area contributed by atoms with E-state index >= 15 is 0 Å². The Labute approximate surface area is 202 Å². The van der Waals surface area contributed by atoms with Gasteiger partial charge in [-0.05, 0) is 80.8 Å². The maximum atomic E-state index is 13.1. The van der Waals surface area contributed by atoms with Gasteiger partial charge >= 0.3 is 0 Å². The highest BCUT2D eigenvalue weighted by Crippen LogP contribution is 2.54. The highest BCUT2D eigenvalue weighted by atomic mass is 16.5. The molecule has 2 aliphatic carbocycles. The second-order valence-corrected chi connectivity index (χ2v) is 10.5. The first kappa shape index (κ1) is 23.2. The molecule has 1 amide bonds. The first-order valence-electron chi connectivity index (χ1n) is 12.5. The molecule has 1 aromatic heterocycles. The molecule has 5 rings (SSSR count). The van der Waals surface area contributed by atoms with Crippen LogP contribution in [0.1, 0.15) is 49.7 Å². The van der Waals surface area contributed by atoms with Crippen molar-refractivity contribution in [2.45, 2.75) is 55.6 Å². The average Bonchev–Trinajstić information content (AvgIpc) is 3.51. The summed E-state index contributed by atoms with van der Waals surface area (Å²) < 4.78 is 11.5. The number of hydrogen-bond donors (Lipinski definition) is 1. The summed E-state index contributed by atoms with van der Waals surface area (Å²) in [5.74, 6) is 1.12. The SMILES string of the molecule is CO[C@]12CC[C@H](N(C)C(=O)/C=C/c3ccoc3)C[C@]1(c1cccc(O)c1)CCN(CC1CC1)C2. The molecule has 0 bridgehead atoms. The van der Waals surface area contributed by atoms with Gasteiger partial charge in [0.1, 0.15) is 5.75 Å². The van der Waals surface area contributed by atoms with Gasteiger partial charge < -0.3 is 24.1 Å². The number of rotatable bonds is 7. The lowest BCUT2D eigenvalue weighted by atomic mass is 9.55. The molecular formula is C28H36N2O4. The van der Waals surface area contributed by atoms with Crippen molar-refractivity contribution in [3.05, 3.63) is 60.1 Å². The second kappa shape index (κ2) is 9.23. The van der Waals surface area contributed by atoms with E-state index in [0.29, 0.717) is 0 Å². The molecule has 0 unspecified atom stereocenters. The highest BCUT2D eigenvalue weighted by molar-refractivity contribution is 5.91. The zero-order valence-corrected chi connectivity index (χ0v) is 20.3. The predicted molar refractivity (Wildman–Crippen MR) is 131 cm³/mol. The Morgan fingerprint density at radius 3 is 2.85 bits per heavy atom. The van der Waals surface area contributed by atoms with E-state index in [1.54, 1.807) is 30.7 Å². The maximum absolute atomic E-state index is 13.1. The molecule has 1 aliphatic heterocycles. The lowest BCUT2D eigenvalue weighted by Crippen LogP contribution is -2.68. The van der Waals surface area contributed by atoms with Crippen LogP contribution in [0.3, 0.4) is 0 Å². The van der Waals surface area contributed by atoms with Crippen LogP contribution in [-0.2, 0) is 14.9 Å². The quantitative estimate of drug-likeness (QED) is 0.614. The van der Waals surface area contributed by atoms with Crippen LogP contribution in [0.25, 0.3) is 6.08 Å². The number of phenols is 1. The van der Waals surface area contributed by atoms with Crippen LogP contribution in [0.4, 0.5) is 0 Å². The molecule has 3 atom stereocenters. The third kappa shape index (κ3) is 4.29. The Hall–Kier alpha value is -2.57. The summed E-state index contributed by atoms with van der Waals surface area (Å²) in [5.41, 5.74) is 1.41. The number of ether oxygens (including phenoxy) is 1. The van der Waals surface area contributed by atoms with Crippen molar-refractivity contribution >= 4 is 12.0 Å². The van der Waals surface area contributed by atoms with Gasteiger partial charge in [-0.3, -0.25) is 4.79 Å². The van der Waals surface area contributed by atoms with E-state index < -0.39 is 0 Å². The fraction of sp³-hybridized carbons (Fsp3) is 0.536. The van der Waals surface area contributed by atoms with E-state index in [-0.39, 0.29) is 28.7 Å². The van der Waals surface area contributed by atoms with E-state index in [1.807, 2.05) is 37.3 Å². The van der Waals surface area contributed by atoms with Gasteiger partial charge in [-0.2, -0.15) is 0 Å². The van der Waals surface area contributed by atoms with Gasteiger partial charge in [-0.15, -0.1) is 0 Å². The predicted octanol–water partition coefficient (Wildman–Crippen LogP) is 4.45. The van der Waals surface area contributed by atoms with E-state index in [2.05, 4.69) is 11.0 Å². The number of piperidine rings is 1. The van der Waals surface area contributed by atoms with Gasteiger partial charge in [0.05, 0.1) is 18.1 Å². The Bertz CT molecular complexity index is 1030. The number of benzene rings is 1. The summed E-state index contributed by atoms with van der Waals surface area (Å²) in [6.07, 6.45) is 12.9. The third-order valence-electron chi connectivity index (χ3n) is 8.53. The minimum atomic E-state index is -0.332. The number of phenolic OH excluding ortho intramolecular Hbond substituents is 1. The summed E-state index contributed by atoms with van der Waals surface area (Å²) in [5, 5.41) is 10.4. The minimum absolute atomic E-state index is 0.00616. The largest absolute Gasteiger partial charge is 0.508 e. The van der Waals surface area contributed by atoms with E-state index in [4.69, 9.17) is 9.15 Å². The summed E-state index contributed by atoms with van der Waals surface area (Å²) >= 11 is 0. The molecule has 3 aliphatic rings. The van der Waals surface area contributed by atoms with Crippen LogP contribution in [0, 0.1) is 5.92 Å². The Morgan fingerprint density at radius 2 is 2.15 bits per heavy atom. The number of carbonyl (C=O) groups is 1. The molecule has 3 fully saturated rings. The Kier molecular flexibility index (Phi) is 6.30. The molecule has 0 radical (unpaired) electrons. The lowest BCUT2D eigenvalue weighted by molar-refractivity contribution is -0.159. The number of fused-ring (bicyclic) bond motifs is 1. The number of hydrogen-bond acceptors (Lipinski definition) is 5. The lowest BCUT2D eigenvalue weighted by Gasteiger charge is -2.60. The highest BCUT2D eigenvalue weighted by Gasteiger charge is 2.59. The monoisotopic (exact) mass is 464 g/mol. The number of carbonyl (C=O) groups excluding carboxylic acids is 1. The first-order valence-corrected chi connectivity index (χ1v) is 12.5. The van der Waals surface area contributed by atoms with Gasteiger partial charge in [0.15, 0.2) is 0 Å². The molecule has 6 heteroatoms. The molecule has 182 valence electrons. The number of amides is 1. The van der Waals surface area contributed by atoms with Crippen molar-refractivity contribution in [2.24, 2.45) is 5.92 Å². The van der Waals surface area contributed by atoms with Gasteiger partial charge in [0.2, 0.25) is 5.91 Å². The van der Waals surface area contributed by atoms with Crippen LogP contribution >= 0.6 is 0 Å². The maximum Gasteiger partial charge on any atom is 0.246 e. The molecule has 1 saturated heterocycles. The molecule has 2 aromatic rings. The van der Waals surface area contributed by atoms with Crippen molar-refractivity contribution in [2.75, 3.05) is 33.8 Å². The third-order valence-corrected chi connectivity index (χ3v) is 8.53. The van der Waals surface area contributed by atoms with Crippen LogP contribution < -0.4 is 0 Å². The van der Waals surface area contributed by atoms with Gasteiger partial charge in [0.25, 0.3) is 0 Å². The standard InChI is InChI=1S/C28H36N2O4/c1-29(26(32)9-8-22-11-15-34-19-22)24-10-12-28(33-2)20-30(18-21-6-7-21)14-13-27(28,17-24)23-4-3-5-25(31)16-23/h3-5,8-9,11,15-16,19,21,24,31H,6-7,10,12-14,17-18,20H2,1-2H3/b9-8+/t24-,27-,28-/m0/s1. The average molecular weight is 465 g/mol. The van der Waals surface area contributed by atoms with Crippen molar-refractivity contribution in [3.8, 4) is 5.75 Å². The normalized spacial score (nSPS) is 29.8. The van der Waals surface area contributed by atoms with Gasteiger partial charge in [0, 0.05) is 50.3 Å². The molecule has 1 aromatic carbocycles. The smallest absolute Gasteiger partial charge is 0.246 e. The molecule has 0 spiro atoms. The summed E-state index contributed by atoms with van der Waals surface area (Å²) in [6.45, 7) is 3.07. The van der Waals surface area contributed by atoms with Crippen molar-refractivity contribution in [3.63, 3.8) is 0 Å². The number of methoxy groups -OCH3 is 1. The Morgan fingerprint density at radius 1 is 1.29 bits per heavy atom. The van der Waals surface area contributed by atoms with Gasteiger partial charge in [-0.25, -0.2) is 0 Å². The van der Waals surface area contributed by atoms with Gasteiger partial charge in [-0.1, -0.05) is 12.1 Å². The van der Waals surface area contributed by atoms with Crippen molar-refractivity contribution < 1.29 is 19.1 Å². The number of furan rings is 1. The first-order chi connectivity index (χ1) is 16.4. The summed E-state index contributed by atoms with van der Waals surface area (Å²) in [6, 6.07) is 9.64. The zero-order valence-electron chi connectivity index (χ0n) is 20.3. The fourth-order valence-electron chi connectivity index (χ4n) is 6.36. The molecule has 2 saturated carbocycles. The second-order valence-electron chi connectivity index (χ2n) is 10.5. The fourth-order valence-corrected chi connectivity index (χ4v) is 6.36. The van der Waals surface area contributed by atoms with Crippen LogP contribution in [0.2, 0.25) is 0 Å². The van der Waals surface area contributed by atoms with E-state index in [0.717, 1.165) is 62.4 Å². The molecule has 1 N–H and O–H groups in total. The van der Waals surface area contributed by atoms with Crippen LogP contribution in [-0.4, -0.2) is 66.2 Å². The van der Waals surface area contributed by atoms with Crippen molar-refractivity contribution in [1.29, 1.82) is 0 Å². The molecule has 6 nitrogen and oxygen atoms in total. The van der Waals surface area contributed by atoms with E-state index in [9.17, 15) is 9.90 Å². The number of aromatic hydroxyl groups is 1. The van der Waals surface area contributed by atoms with E-state index in [1.165, 1.54) is 12.8 Å². The number of nitrogens with zero attached hydrogens (tertiary/aromatic N) is 2. The number of likely N-dealkylation sites (N-methyl/N-ethyl adjacent to an activating group) is 1. The summed E-state index contributed by atoms with van der Waals surface area (Å²) in [7, 11) is 3.76. The number of likely N-dealkylation sites (tertiary alicyclic amines) is 1. The Balaban J connectivity index is 1.43.